The van der Waals surface area contributed by atoms with Gasteiger partial charge in [0.05, 0.1) is 16.8 Å². The van der Waals surface area contributed by atoms with Crippen LogP contribution < -0.4 is 0 Å². The molecule has 0 amide bonds. The first-order valence-corrected chi connectivity index (χ1v) is 9.64. The highest BCUT2D eigenvalue weighted by atomic mass is 16.3. The van der Waals surface area contributed by atoms with Crippen LogP contribution in [0.3, 0.4) is 0 Å². The lowest BCUT2D eigenvalue weighted by Gasteiger charge is -2.09. The Hall–Kier alpha value is -3.93. The predicted molar refractivity (Wildman–Crippen MR) is 115 cm³/mol. The van der Waals surface area contributed by atoms with E-state index in [-0.39, 0.29) is 23.2 Å². The van der Waals surface area contributed by atoms with Crippen LogP contribution >= 0.6 is 0 Å². The summed E-state index contributed by atoms with van der Waals surface area (Å²) in [6.45, 7) is 3.73. The van der Waals surface area contributed by atoms with Crippen LogP contribution in [0.1, 0.15) is 24.2 Å². The van der Waals surface area contributed by atoms with E-state index in [2.05, 4.69) is 10.1 Å². The van der Waals surface area contributed by atoms with Crippen molar-refractivity contribution in [2.45, 2.75) is 13.8 Å². The molecule has 4 aromatic rings. The number of phenols is 2. The maximum atomic E-state index is 12.3. The summed E-state index contributed by atoms with van der Waals surface area (Å²) < 4.78 is 1.60. The molecule has 0 bridgehead atoms. The highest BCUT2D eigenvalue weighted by Crippen LogP contribution is 2.33. The third-order valence-corrected chi connectivity index (χ3v) is 4.82. The fourth-order valence-electron chi connectivity index (χ4n) is 3.21. The van der Waals surface area contributed by atoms with Gasteiger partial charge < -0.3 is 10.2 Å². The lowest BCUT2D eigenvalue weighted by Crippen LogP contribution is -2.08. The van der Waals surface area contributed by atoms with Crippen LogP contribution in [0.5, 0.6) is 11.5 Å². The zero-order chi connectivity index (χ0) is 21.3. The van der Waals surface area contributed by atoms with E-state index in [4.69, 9.17) is 0 Å². The highest BCUT2D eigenvalue weighted by Gasteiger charge is 2.19. The van der Waals surface area contributed by atoms with Gasteiger partial charge >= 0.3 is 0 Å². The van der Waals surface area contributed by atoms with Crippen molar-refractivity contribution < 1.29 is 15.0 Å². The van der Waals surface area contributed by atoms with E-state index in [0.29, 0.717) is 34.0 Å². The third kappa shape index (κ3) is 3.55. The van der Waals surface area contributed by atoms with Gasteiger partial charge in [-0.1, -0.05) is 38.1 Å². The Bertz CT molecular complexity index is 1210. The summed E-state index contributed by atoms with van der Waals surface area (Å²) in [5.41, 5.74) is 2.30. The summed E-state index contributed by atoms with van der Waals surface area (Å²) in [6, 6.07) is 20.8. The quantitative estimate of drug-likeness (QED) is 0.468. The molecule has 4 rings (SSSR count). The van der Waals surface area contributed by atoms with E-state index in [9.17, 15) is 15.0 Å². The first kappa shape index (κ1) is 19.4. The molecule has 0 aliphatic heterocycles. The first-order chi connectivity index (χ1) is 14.5. The molecule has 2 N–H and O–H groups in total. The van der Waals surface area contributed by atoms with E-state index < -0.39 is 0 Å². The monoisotopic (exact) mass is 399 g/mol. The van der Waals surface area contributed by atoms with Crippen molar-refractivity contribution in [3.8, 4) is 40.0 Å². The smallest absolute Gasteiger partial charge is 0.185 e. The molecule has 30 heavy (non-hydrogen) atoms. The predicted octanol–water partition coefficient (Wildman–Crippen LogP) is 4.85. The number of Topliss-reactive ketones (excluding diaryl/α,β-unsaturated/α-hetero) is 1. The molecule has 0 aliphatic carbocycles. The van der Waals surface area contributed by atoms with Crippen LogP contribution in [-0.4, -0.2) is 30.8 Å². The second kappa shape index (κ2) is 7.83. The lowest BCUT2D eigenvalue weighted by molar-refractivity contribution is 0.0939. The molecule has 6 nitrogen and oxygen atoms in total. The van der Waals surface area contributed by atoms with Crippen molar-refractivity contribution in [2.75, 3.05) is 0 Å². The number of aromatic hydroxyl groups is 2. The molecule has 0 atom stereocenters. The van der Waals surface area contributed by atoms with Crippen LogP contribution in [-0.2, 0) is 0 Å². The highest BCUT2D eigenvalue weighted by molar-refractivity contribution is 5.97. The summed E-state index contributed by atoms with van der Waals surface area (Å²) in [5, 5.41) is 25.2. The van der Waals surface area contributed by atoms with E-state index in [0.717, 1.165) is 0 Å². The number of para-hydroxylation sites is 2. The topological polar surface area (TPSA) is 88.2 Å². The first-order valence-electron chi connectivity index (χ1n) is 9.64. The molecule has 0 spiro atoms. The molecular formula is C24H21N3O3. The molecule has 1 aromatic heterocycles. The Morgan fingerprint density at radius 1 is 0.833 bits per heavy atom. The maximum absolute atomic E-state index is 12.3. The SMILES string of the molecule is CC(C)C(=O)c1ccc(-n2nc(-c3ccccc3O)nc2-c2ccccc2O)cc1. The molecular weight excluding hydrogens is 378 g/mol. The number of aromatic nitrogens is 3. The van der Waals surface area contributed by atoms with Gasteiger partial charge in [-0.2, -0.15) is 0 Å². The summed E-state index contributed by atoms with van der Waals surface area (Å²) in [6.07, 6.45) is 0. The molecule has 0 fully saturated rings. The molecule has 0 aliphatic rings. The molecule has 0 radical (unpaired) electrons. The van der Waals surface area contributed by atoms with Crippen LogP contribution in [0.2, 0.25) is 0 Å². The fourth-order valence-corrected chi connectivity index (χ4v) is 3.21. The Morgan fingerprint density at radius 2 is 1.40 bits per heavy atom. The minimum absolute atomic E-state index is 0.0657. The average Bonchev–Trinajstić information content (AvgIpc) is 3.19. The van der Waals surface area contributed by atoms with Crippen molar-refractivity contribution in [3.05, 3.63) is 78.4 Å². The van der Waals surface area contributed by atoms with E-state index in [1.54, 1.807) is 77.5 Å². The second-order valence-electron chi connectivity index (χ2n) is 7.27. The van der Waals surface area contributed by atoms with Gasteiger partial charge in [0.25, 0.3) is 0 Å². The van der Waals surface area contributed by atoms with Gasteiger partial charge in [-0.05, 0) is 48.5 Å². The van der Waals surface area contributed by atoms with Gasteiger partial charge in [0, 0.05) is 11.5 Å². The fraction of sp³-hybridized carbons (Fsp3) is 0.125. The van der Waals surface area contributed by atoms with Gasteiger partial charge in [-0.15, -0.1) is 5.10 Å². The molecule has 6 heteroatoms. The van der Waals surface area contributed by atoms with Crippen LogP contribution in [0.15, 0.2) is 72.8 Å². The number of carbonyl (C=O) groups excluding carboxylic acids is 1. The summed E-state index contributed by atoms with van der Waals surface area (Å²) in [7, 11) is 0. The maximum Gasteiger partial charge on any atom is 0.185 e. The number of phenolic OH excluding ortho intramolecular Hbond substituents is 2. The number of rotatable bonds is 5. The second-order valence-corrected chi connectivity index (χ2v) is 7.27. The lowest BCUT2D eigenvalue weighted by atomic mass is 10.0. The number of hydrogen-bond donors (Lipinski definition) is 2. The van der Waals surface area contributed by atoms with E-state index in [1.165, 1.54) is 0 Å². The average molecular weight is 399 g/mol. The van der Waals surface area contributed by atoms with Gasteiger partial charge in [-0.3, -0.25) is 4.79 Å². The molecule has 1 heterocycles. The van der Waals surface area contributed by atoms with Gasteiger partial charge in [-0.25, -0.2) is 9.67 Å². The van der Waals surface area contributed by atoms with Gasteiger partial charge in [0.2, 0.25) is 0 Å². The number of ketones is 1. The van der Waals surface area contributed by atoms with E-state index >= 15 is 0 Å². The van der Waals surface area contributed by atoms with Crippen LogP contribution in [0.25, 0.3) is 28.5 Å². The van der Waals surface area contributed by atoms with Crippen LogP contribution in [0, 0.1) is 5.92 Å². The zero-order valence-electron chi connectivity index (χ0n) is 16.6. The number of nitrogens with zero attached hydrogens (tertiary/aromatic N) is 3. The molecule has 0 unspecified atom stereocenters. The van der Waals surface area contributed by atoms with Crippen molar-refractivity contribution in [1.82, 2.24) is 14.8 Å². The minimum Gasteiger partial charge on any atom is -0.507 e. The Labute approximate surface area is 174 Å². The molecule has 0 saturated carbocycles. The standard InChI is InChI=1S/C24H21N3O3/c1-15(2)22(30)16-11-13-17(14-12-16)27-24(19-8-4-6-10-21(19)29)25-23(26-27)18-7-3-5-9-20(18)28/h3-15,28-29H,1-2H3. The minimum atomic E-state index is -0.0910. The summed E-state index contributed by atoms with van der Waals surface area (Å²) in [4.78, 5) is 16.9. The largest absolute Gasteiger partial charge is 0.507 e. The molecule has 3 aromatic carbocycles. The molecule has 0 saturated heterocycles. The normalized spacial score (nSPS) is 11.0. The third-order valence-electron chi connectivity index (χ3n) is 4.82. The zero-order valence-corrected chi connectivity index (χ0v) is 16.6. The number of hydrogen-bond acceptors (Lipinski definition) is 5. The van der Waals surface area contributed by atoms with E-state index in [1.807, 2.05) is 13.8 Å². The Morgan fingerprint density at radius 3 is 1.97 bits per heavy atom. The number of benzene rings is 3. The Balaban J connectivity index is 1.87. The van der Waals surface area contributed by atoms with Gasteiger partial charge in [0.1, 0.15) is 11.5 Å². The molecule has 150 valence electrons. The van der Waals surface area contributed by atoms with Crippen molar-refractivity contribution >= 4 is 5.78 Å². The van der Waals surface area contributed by atoms with Crippen molar-refractivity contribution in [2.24, 2.45) is 5.92 Å². The number of carbonyl (C=O) groups is 1. The summed E-state index contributed by atoms with van der Waals surface area (Å²) in [5.74, 6) is 0.864. The van der Waals surface area contributed by atoms with Crippen LogP contribution in [0.4, 0.5) is 0 Å². The van der Waals surface area contributed by atoms with Crippen molar-refractivity contribution in [1.29, 1.82) is 0 Å². The van der Waals surface area contributed by atoms with Gasteiger partial charge in [0.15, 0.2) is 17.4 Å². The Kier molecular flexibility index (Phi) is 5.06. The summed E-state index contributed by atoms with van der Waals surface area (Å²) >= 11 is 0. The van der Waals surface area contributed by atoms with Crippen molar-refractivity contribution in [3.63, 3.8) is 0 Å².